The van der Waals surface area contributed by atoms with E-state index in [9.17, 15) is 9.59 Å². The predicted molar refractivity (Wildman–Crippen MR) is 72.9 cm³/mol. The number of aromatic nitrogens is 3. The first-order valence-electron chi connectivity index (χ1n) is 6.77. The average molecular weight is 296 g/mol. The standard InChI is InChI=1S/C12H20N6O3/c1-21-9-12(20)17-4-2-16(3-5-17)11(19)8-18-7-10(6-13)14-15-18/h7H,2-6,8-9,13H2,1H3. The van der Waals surface area contributed by atoms with Crippen LogP contribution in [0.5, 0.6) is 0 Å². The van der Waals surface area contributed by atoms with Gasteiger partial charge in [0.25, 0.3) is 0 Å². The number of amides is 2. The molecule has 9 heteroatoms. The largest absolute Gasteiger partial charge is 0.375 e. The Labute approximate surface area is 122 Å². The van der Waals surface area contributed by atoms with Crippen molar-refractivity contribution in [1.82, 2.24) is 24.8 Å². The van der Waals surface area contributed by atoms with Crippen molar-refractivity contribution in [2.45, 2.75) is 13.1 Å². The third-order valence-corrected chi connectivity index (χ3v) is 3.35. The minimum absolute atomic E-state index is 0.0395. The lowest BCUT2D eigenvalue weighted by Gasteiger charge is -2.34. The molecule has 21 heavy (non-hydrogen) atoms. The van der Waals surface area contributed by atoms with Gasteiger partial charge in [-0.05, 0) is 0 Å². The fraction of sp³-hybridized carbons (Fsp3) is 0.667. The summed E-state index contributed by atoms with van der Waals surface area (Å²) < 4.78 is 6.30. The number of ether oxygens (including phenoxy) is 1. The molecule has 1 aliphatic heterocycles. The van der Waals surface area contributed by atoms with E-state index in [1.807, 2.05) is 0 Å². The Bertz CT molecular complexity index is 495. The molecule has 0 unspecified atom stereocenters. The van der Waals surface area contributed by atoms with Gasteiger partial charge in [0.2, 0.25) is 11.8 Å². The average Bonchev–Trinajstić information content (AvgIpc) is 2.95. The van der Waals surface area contributed by atoms with Crippen molar-refractivity contribution in [3.63, 3.8) is 0 Å². The van der Waals surface area contributed by atoms with Gasteiger partial charge in [-0.15, -0.1) is 5.10 Å². The fourth-order valence-corrected chi connectivity index (χ4v) is 2.17. The van der Waals surface area contributed by atoms with Gasteiger partial charge in [0.05, 0.1) is 11.9 Å². The second-order valence-electron chi connectivity index (χ2n) is 4.81. The normalized spacial score (nSPS) is 15.3. The highest BCUT2D eigenvalue weighted by Crippen LogP contribution is 2.04. The number of carbonyl (C=O) groups excluding carboxylic acids is 2. The molecule has 9 nitrogen and oxygen atoms in total. The molecule has 2 amide bonds. The molecule has 116 valence electrons. The molecule has 2 heterocycles. The minimum Gasteiger partial charge on any atom is -0.375 e. The zero-order chi connectivity index (χ0) is 15.2. The molecule has 1 fully saturated rings. The Morgan fingerprint density at radius 1 is 1.24 bits per heavy atom. The summed E-state index contributed by atoms with van der Waals surface area (Å²) in [4.78, 5) is 27.2. The number of carbonyl (C=O) groups is 2. The van der Waals surface area contributed by atoms with Crippen LogP contribution in [0.2, 0.25) is 0 Å². The summed E-state index contributed by atoms with van der Waals surface area (Å²) in [5.41, 5.74) is 6.10. The quantitative estimate of drug-likeness (QED) is 0.677. The highest BCUT2D eigenvalue weighted by molar-refractivity contribution is 5.79. The second-order valence-corrected chi connectivity index (χ2v) is 4.81. The van der Waals surface area contributed by atoms with E-state index in [1.165, 1.54) is 11.8 Å². The molecule has 2 N–H and O–H groups in total. The van der Waals surface area contributed by atoms with Crippen LogP contribution in [-0.4, -0.2) is 76.5 Å². The molecule has 1 aromatic rings. The molecule has 0 atom stereocenters. The van der Waals surface area contributed by atoms with Gasteiger partial charge in [-0.1, -0.05) is 5.21 Å². The molecular formula is C12H20N6O3. The van der Waals surface area contributed by atoms with E-state index in [0.717, 1.165) is 0 Å². The lowest BCUT2D eigenvalue weighted by Crippen LogP contribution is -2.52. The molecule has 2 rings (SSSR count). The molecule has 1 saturated heterocycles. The van der Waals surface area contributed by atoms with Crippen molar-refractivity contribution in [1.29, 1.82) is 0 Å². The summed E-state index contributed by atoms with van der Waals surface area (Å²) in [6.07, 6.45) is 1.66. The maximum Gasteiger partial charge on any atom is 0.248 e. The van der Waals surface area contributed by atoms with E-state index >= 15 is 0 Å². The summed E-state index contributed by atoms with van der Waals surface area (Å²) >= 11 is 0. The van der Waals surface area contributed by atoms with Crippen LogP contribution in [0.15, 0.2) is 6.20 Å². The van der Waals surface area contributed by atoms with Crippen LogP contribution in [0, 0.1) is 0 Å². The van der Waals surface area contributed by atoms with Gasteiger partial charge in [0, 0.05) is 39.8 Å². The number of rotatable bonds is 5. The van der Waals surface area contributed by atoms with Crippen molar-refractivity contribution in [3.05, 3.63) is 11.9 Å². The lowest BCUT2D eigenvalue weighted by atomic mass is 10.3. The molecule has 0 spiro atoms. The van der Waals surface area contributed by atoms with Crippen molar-refractivity contribution >= 4 is 11.8 Å². The molecule has 1 aliphatic rings. The first-order valence-corrected chi connectivity index (χ1v) is 6.77. The van der Waals surface area contributed by atoms with E-state index in [2.05, 4.69) is 10.3 Å². The van der Waals surface area contributed by atoms with Crippen LogP contribution in [0.4, 0.5) is 0 Å². The molecule has 1 aromatic heterocycles. The van der Waals surface area contributed by atoms with Crippen LogP contribution >= 0.6 is 0 Å². The Morgan fingerprint density at radius 3 is 2.38 bits per heavy atom. The Kier molecular flexibility index (Phi) is 5.23. The van der Waals surface area contributed by atoms with Crippen LogP contribution < -0.4 is 5.73 Å². The second kappa shape index (κ2) is 7.14. The van der Waals surface area contributed by atoms with Gasteiger partial charge in [-0.2, -0.15) is 0 Å². The zero-order valence-electron chi connectivity index (χ0n) is 12.1. The monoisotopic (exact) mass is 296 g/mol. The van der Waals surface area contributed by atoms with E-state index in [0.29, 0.717) is 38.4 Å². The van der Waals surface area contributed by atoms with Crippen molar-refractivity contribution in [2.75, 3.05) is 39.9 Å². The van der Waals surface area contributed by atoms with E-state index in [-0.39, 0.29) is 25.0 Å². The predicted octanol–water partition coefficient (Wildman–Crippen LogP) is -1.95. The number of piperazine rings is 1. The fourth-order valence-electron chi connectivity index (χ4n) is 2.17. The zero-order valence-corrected chi connectivity index (χ0v) is 12.1. The van der Waals surface area contributed by atoms with Gasteiger partial charge in [0.1, 0.15) is 13.2 Å². The smallest absolute Gasteiger partial charge is 0.248 e. The number of nitrogens with zero attached hydrogens (tertiary/aromatic N) is 5. The molecule has 0 aromatic carbocycles. The molecule has 0 aliphatic carbocycles. The molecular weight excluding hydrogens is 276 g/mol. The van der Waals surface area contributed by atoms with Crippen molar-refractivity contribution in [2.24, 2.45) is 5.73 Å². The Morgan fingerprint density at radius 2 is 1.86 bits per heavy atom. The molecule has 0 bridgehead atoms. The first-order chi connectivity index (χ1) is 10.1. The molecule has 0 saturated carbocycles. The first kappa shape index (κ1) is 15.4. The van der Waals surface area contributed by atoms with E-state index < -0.39 is 0 Å². The number of hydrogen-bond acceptors (Lipinski definition) is 6. The SMILES string of the molecule is COCC(=O)N1CCN(C(=O)Cn2cc(CN)nn2)CC1. The topological polar surface area (TPSA) is 107 Å². The highest BCUT2D eigenvalue weighted by Gasteiger charge is 2.24. The summed E-state index contributed by atoms with van der Waals surface area (Å²) in [5.74, 6) is -0.0872. The summed E-state index contributed by atoms with van der Waals surface area (Å²) in [7, 11) is 1.49. The third-order valence-electron chi connectivity index (χ3n) is 3.35. The lowest BCUT2D eigenvalue weighted by molar-refractivity contribution is -0.142. The van der Waals surface area contributed by atoms with Crippen LogP contribution in [0.1, 0.15) is 5.69 Å². The summed E-state index contributed by atoms with van der Waals surface area (Å²) in [6.45, 7) is 2.61. The van der Waals surface area contributed by atoms with Crippen molar-refractivity contribution < 1.29 is 14.3 Å². The highest BCUT2D eigenvalue weighted by atomic mass is 16.5. The van der Waals surface area contributed by atoms with Crippen LogP contribution in [0.25, 0.3) is 0 Å². The van der Waals surface area contributed by atoms with E-state index in [4.69, 9.17) is 10.5 Å². The number of nitrogens with two attached hydrogens (primary N) is 1. The summed E-state index contributed by atoms with van der Waals surface area (Å²) in [6, 6.07) is 0. The van der Waals surface area contributed by atoms with Crippen molar-refractivity contribution in [3.8, 4) is 0 Å². The van der Waals surface area contributed by atoms with Gasteiger partial charge < -0.3 is 20.3 Å². The van der Waals surface area contributed by atoms with Gasteiger partial charge in [-0.25, -0.2) is 4.68 Å². The minimum atomic E-state index is -0.0477. The Hall–Kier alpha value is -2.00. The van der Waals surface area contributed by atoms with E-state index in [1.54, 1.807) is 16.0 Å². The maximum atomic E-state index is 12.1. The summed E-state index contributed by atoms with van der Waals surface area (Å²) in [5, 5.41) is 7.69. The number of methoxy groups -OCH3 is 1. The van der Waals surface area contributed by atoms with Crippen LogP contribution in [-0.2, 0) is 27.4 Å². The third kappa shape index (κ3) is 3.99. The van der Waals surface area contributed by atoms with Gasteiger partial charge in [-0.3, -0.25) is 9.59 Å². The Balaban J connectivity index is 1.81. The van der Waals surface area contributed by atoms with Gasteiger partial charge in [0.15, 0.2) is 0 Å². The molecule has 0 radical (unpaired) electrons. The van der Waals surface area contributed by atoms with Gasteiger partial charge >= 0.3 is 0 Å². The number of hydrogen-bond donors (Lipinski definition) is 1. The van der Waals surface area contributed by atoms with Crippen LogP contribution in [0.3, 0.4) is 0 Å². The maximum absolute atomic E-state index is 12.1.